The maximum absolute atomic E-state index is 12.4. The van der Waals surface area contributed by atoms with Crippen molar-refractivity contribution in [3.05, 3.63) is 69.3 Å². The number of sulfonamides is 1. The van der Waals surface area contributed by atoms with Crippen LogP contribution in [-0.2, 0) is 16.4 Å². The lowest BCUT2D eigenvalue weighted by Crippen LogP contribution is -2.32. The SMILES string of the molecule is Cc1cc(C(=O)NCCc2ccc(S(=O)(=O)NC3CCCC3)cc2)ccc1[N+](=O)[O-]. The zero-order valence-electron chi connectivity index (χ0n) is 16.8. The molecular formula is C21H25N3O5S. The number of aryl methyl sites for hydroxylation is 1. The van der Waals surface area contributed by atoms with E-state index in [9.17, 15) is 23.3 Å². The van der Waals surface area contributed by atoms with Crippen molar-refractivity contribution in [2.45, 2.75) is 50.0 Å². The van der Waals surface area contributed by atoms with Gasteiger partial charge in [-0.05, 0) is 56.0 Å². The fourth-order valence-corrected chi connectivity index (χ4v) is 4.90. The molecule has 1 aliphatic rings. The summed E-state index contributed by atoms with van der Waals surface area (Å²) >= 11 is 0. The molecule has 1 saturated carbocycles. The van der Waals surface area contributed by atoms with E-state index in [1.54, 1.807) is 31.2 Å². The molecule has 30 heavy (non-hydrogen) atoms. The fourth-order valence-electron chi connectivity index (χ4n) is 3.59. The molecule has 0 saturated heterocycles. The molecular weight excluding hydrogens is 406 g/mol. The van der Waals surface area contributed by atoms with Gasteiger partial charge in [-0.1, -0.05) is 25.0 Å². The van der Waals surface area contributed by atoms with Gasteiger partial charge in [0.25, 0.3) is 11.6 Å². The van der Waals surface area contributed by atoms with Gasteiger partial charge in [0.15, 0.2) is 0 Å². The molecule has 0 atom stereocenters. The van der Waals surface area contributed by atoms with Crippen LogP contribution in [0.15, 0.2) is 47.4 Å². The van der Waals surface area contributed by atoms with E-state index < -0.39 is 14.9 Å². The van der Waals surface area contributed by atoms with E-state index >= 15 is 0 Å². The van der Waals surface area contributed by atoms with Gasteiger partial charge in [-0.15, -0.1) is 0 Å². The van der Waals surface area contributed by atoms with Crippen molar-refractivity contribution in [1.29, 1.82) is 0 Å². The summed E-state index contributed by atoms with van der Waals surface area (Å²) in [6.45, 7) is 1.95. The first-order valence-electron chi connectivity index (χ1n) is 9.91. The number of carbonyl (C=O) groups excluding carboxylic acids is 1. The summed E-state index contributed by atoms with van der Waals surface area (Å²) in [5.41, 5.74) is 1.66. The molecule has 2 aromatic rings. The molecule has 8 nitrogen and oxygen atoms in total. The Bertz CT molecular complexity index is 1030. The Hall–Kier alpha value is -2.78. The Labute approximate surface area is 175 Å². The van der Waals surface area contributed by atoms with Crippen LogP contribution in [0.3, 0.4) is 0 Å². The van der Waals surface area contributed by atoms with Crippen molar-refractivity contribution in [1.82, 2.24) is 10.0 Å². The molecule has 0 aromatic heterocycles. The van der Waals surface area contributed by atoms with Gasteiger partial charge in [-0.25, -0.2) is 13.1 Å². The van der Waals surface area contributed by atoms with E-state index in [1.165, 1.54) is 18.2 Å². The van der Waals surface area contributed by atoms with Crippen molar-refractivity contribution >= 4 is 21.6 Å². The smallest absolute Gasteiger partial charge is 0.272 e. The number of nitro groups is 1. The van der Waals surface area contributed by atoms with E-state index in [2.05, 4.69) is 10.0 Å². The summed E-state index contributed by atoms with van der Waals surface area (Å²) in [5.74, 6) is -0.312. The average Bonchev–Trinajstić information content (AvgIpc) is 3.20. The maximum Gasteiger partial charge on any atom is 0.272 e. The van der Waals surface area contributed by atoms with Crippen LogP contribution in [0.2, 0.25) is 0 Å². The summed E-state index contributed by atoms with van der Waals surface area (Å²) in [4.78, 5) is 22.9. The second kappa shape index (κ2) is 9.36. The Morgan fingerprint density at radius 1 is 1.13 bits per heavy atom. The van der Waals surface area contributed by atoms with Gasteiger partial charge in [0.05, 0.1) is 9.82 Å². The van der Waals surface area contributed by atoms with E-state index in [4.69, 9.17) is 0 Å². The zero-order valence-corrected chi connectivity index (χ0v) is 17.6. The van der Waals surface area contributed by atoms with Crippen LogP contribution in [0.5, 0.6) is 0 Å². The second-order valence-electron chi connectivity index (χ2n) is 7.51. The summed E-state index contributed by atoms with van der Waals surface area (Å²) in [6, 6.07) is 10.9. The van der Waals surface area contributed by atoms with Gasteiger partial charge >= 0.3 is 0 Å². The number of nitro benzene ring substituents is 1. The first-order chi connectivity index (χ1) is 14.3. The normalized spacial score (nSPS) is 14.6. The van der Waals surface area contributed by atoms with Gasteiger partial charge in [0.2, 0.25) is 10.0 Å². The number of nitrogens with one attached hydrogen (secondary N) is 2. The Morgan fingerprint density at radius 3 is 2.40 bits per heavy atom. The largest absolute Gasteiger partial charge is 0.352 e. The highest BCUT2D eigenvalue weighted by atomic mass is 32.2. The quantitative estimate of drug-likeness (QED) is 0.492. The van der Waals surface area contributed by atoms with Crippen LogP contribution >= 0.6 is 0 Å². The van der Waals surface area contributed by atoms with Crippen LogP contribution in [0.4, 0.5) is 5.69 Å². The number of hydrogen-bond acceptors (Lipinski definition) is 5. The highest BCUT2D eigenvalue weighted by Crippen LogP contribution is 2.21. The van der Waals surface area contributed by atoms with E-state index in [0.717, 1.165) is 31.2 Å². The summed E-state index contributed by atoms with van der Waals surface area (Å²) in [5, 5.41) is 13.6. The number of benzene rings is 2. The number of amides is 1. The third kappa shape index (κ3) is 5.43. The van der Waals surface area contributed by atoms with Crippen LogP contribution in [0.1, 0.15) is 47.2 Å². The molecule has 1 aliphatic carbocycles. The lowest BCUT2D eigenvalue weighted by molar-refractivity contribution is -0.385. The number of nitrogens with zero attached hydrogens (tertiary/aromatic N) is 1. The molecule has 0 bridgehead atoms. The zero-order chi connectivity index (χ0) is 21.7. The molecule has 0 spiro atoms. The minimum atomic E-state index is -3.51. The van der Waals surface area contributed by atoms with E-state index in [-0.39, 0.29) is 22.5 Å². The number of hydrogen-bond donors (Lipinski definition) is 2. The second-order valence-corrected chi connectivity index (χ2v) is 9.22. The molecule has 1 fully saturated rings. The van der Waals surface area contributed by atoms with Gasteiger partial charge in [0.1, 0.15) is 0 Å². The lowest BCUT2D eigenvalue weighted by Gasteiger charge is -2.13. The average molecular weight is 432 g/mol. The Balaban J connectivity index is 1.53. The molecule has 1 amide bonds. The van der Waals surface area contributed by atoms with Crippen LogP contribution in [0.25, 0.3) is 0 Å². The van der Waals surface area contributed by atoms with Crippen LogP contribution < -0.4 is 10.0 Å². The van der Waals surface area contributed by atoms with E-state index in [1.807, 2.05) is 0 Å². The molecule has 160 valence electrons. The molecule has 0 heterocycles. The first-order valence-corrected chi connectivity index (χ1v) is 11.4. The van der Waals surface area contributed by atoms with Gasteiger partial charge in [0, 0.05) is 29.8 Å². The molecule has 0 unspecified atom stereocenters. The molecule has 9 heteroatoms. The highest BCUT2D eigenvalue weighted by Gasteiger charge is 2.22. The molecule has 2 N–H and O–H groups in total. The van der Waals surface area contributed by atoms with Crippen molar-refractivity contribution in [3.8, 4) is 0 Å². The van der Waals surface area contributed by atoms with Gasteiger partial charge in [-0.2, -0.15) is 0 Å². The molecule has 0 radical (unpaired) electrons. The third-order valence-corrected chi connectivity index (χ3v) is 6.80. The van der Waals surface area contributed by atoms with Crippen molar-refractivity contribution in [2.24, 2.45) is 0 Å². The summed E-state index contributed by atoms with van der Waals surface area (Å²) in [7, 11) is -3.51. The topological polar surface area (TPSA) is 118 Å². The molecule has 0 aliphatic heterocycles. The van der Waals surface area contributed by atoms with E-state index in [0.29, 0.717) is 24.1 Å². The standard InChI is InChI=1S/C21H25N3O5S/c1-15-14-17(8-11-20(15)24(26)27)21(25)22-13-12-16-6-9-19(10-7-16)30(28,29)23-18-4-2-3-5-18/h6-11,14,18,23H,2-5,12-13H2,1H3,(H,22,25). The van der Waals surface area contributed by atoms with Crippen molar-refractivity contribution in [3.63, 3.8) is 0 Å². The number of rotatable bonds is 8. The predicted octanol–water partition coefficient (Wildman–Crippen LogP) is 3.10. The third-order valence-electron chi connectivity index (χ3n) is 5.27. The monoisotopic (exact) mass is 431 g/mol. The summed E-state index contributed by atoms with van der Waals surface area (Å²) in [6.07, 6.45) is 4.40. The molecule has 2 aromatic carbocycles. The van der Waals surface area contributed by atoms with Crippen molar-refractivity contribution < 1.29 is 18.1 Å². The predicted molar refractivity (Wildman–Crippen MR) is 113 cm³/mol. The summed E-state index contributed by atoms with van der Waals surface area (Å²) < 4.78 is 27.6. The fraction of sp³-hybridized carbons (Fsp3) is 0.381. The lowest BCUT2D eigenvalue weighted by atomic mass is 10.1. The van der Waals surface area contributed by atoms with Gasteiger partial charge in [-0.3, -0.25) is 14.9 Å². The Kier molecular flexibility index (Phi) is 6.84. The molecule has 3 rings (SSSR count). The van der Waals surface area contributed by atoms with Crippen molar-refractivity contribution in [2.75, 3.05) is 6.54 Å². The van der Waals surface area contributed by atoms with Crippen LogP contribution in [0, 0.1) is 17.0 Å². The minimum absolute atomic E-state index is 0.0212. The minimum Gasteiger partial charge on any atom is -0.352 e. The first kappa shape index (κ1) is 21.9. The number of carbonyl (C=O) groups is 1. The Morgan fingerprint density at radius 2 is 1.80 bits per heavy atom. The maximum atomic E-state index is 12.4. The highest BCUT2D eigenvalue weighted by molar-refractivity contribution is 7.89. The van der Waals surface area contributed by atoms with Gasteiger partial charge < -0.3 is 5.32 Å². The van der Waals surface area contributed by atoms with Crippen LogP contribution in [-0.4, -0.2) is 31.8 Å².